The van der Waals surface area contributed by atoms with Crippen molar-refractivity contribution in [1.82, 2.24) is 15.1 Å². The van der Waals surface area contributed by atoms with Gasteiger partial charge in [-0.2, -0.15) is 5.10 Å². The lowest BCUT2D eigenvalue weighted by atomic mass is 9.88. The highest BCUT2D eigenvalue weighted by molar-refractivity contribution is 5.12. The summed E-state index contributed by atoms with van der Waals surface area (Å²) in [6.07, 6.45) is 13.7. The highest BCUT2D eigenvalue weighted by Crippen LogP contribution is 2.29. The van der Waals surface area contributed by atoms with Crippen LogP contribution in [-0.2, 0) is 11.8 Å². The lowest BCUT2D eigenvalue weighted by Gasteiger charge is -2.33. The molecule has 112 valence electrons. The quantitative estimate of drug-likeness (QED) is 0.920. The largest absolute Gasteiger partial charge is 0.372 e. The van der Waals surface area contributed by atoms with Gasteiger partial charge in [-0.05, 0) is 38.1 Å². The molecule has 2 heterocycles. The third kappa shape index (κ3) is 3.41. The van der Waals surface area contributed by atoms with Crippen LogP contribution in [0, 0.1) is 5.92 Å². The van der Waals surface area contributed by atoms with E-state index in [1.165, 1.54) is 50.5 Å². The lowest BCUT2D eigenvalue weighted by molar-refractivity contribution is -0.0120. The molecule has 1 saturated carbocycles. The van der Waals surface area contributed by atoms with Crippen molar-refractivity contribution in [3.8, 4) is 0 Å². The molecule has 2 aliphatic rings. The van der Waals surface area contributed by atoms with E-state index < -0.39 is 0 Å². The minimum absolute atomic E-state index is 0.182. The van der Waals surface area contributed by atoms with Crippen molar-refractivity contribution >= 4 is 0 Å². The molecule has 4 nitrogen and oxygen atoms in total. The molecule has 0 spiro atoms. The maximum Gasteiger partial charge on any atom is 0.101 e. The number of aromatic nitrogens is 2. The second-order valence-electron chi connectivity index (χ2n) is 6.40. The zero-order valence-electron chi connectivity index (χ0n) is 12.6. The molecule has 20 heavy (non-hydrogen) atoms. The van der Waals surface area contributed by atoms with Crippen LogP contribution in [0.15, 0.2) is 12.4 Å². The van der Waals surface area contributed by atoms with E-state index in [1.54, 1.807) is 0 Å². The summed E-state index contributed by atoms with van der Waals surface area (Å²) < 4.78 is 7.88. The first-order chi connectivity index (χ1) is 9.83. The fourth-order valence-corrected chi connectivity index (χ4v) is 3.62. The van der Waals surface area contributed by atoms with E-state index in [-0.39, 0.29) is 6.10 Å². The number of rotatable bonds is 4. The monoisotopic (exact) mass is 277 g/mol. The molecular formula is C16H27N3O. The Bertz CT molecular complexity index is 412. The van der Waals surface area contributed by atoms with Crippen molar-refractivity contribution in [1.29, 1.82) is 0 Å². The van der Waals surface area contributed by atoms with Gasteiger partial charge in [0.15, 0.2) is 0 Å². The van der Waals surface area contributed by atoms with Crippen molar-refractivity contribution in [3.63, 3.8) is 0 Å². The number of ether oxygens (including phenoxy) is 1. The second kappa shape index (κ2) is 6.72. The van der Waals surface area contributed by atoms with Gasteiger partial charge in [0.2, 0.25) is 0 Å². The fraction of sp³-hybridized carbons (Fsp3) is 0.812. The van der Waals surface area contributed by atoms with Gasteiger partial charge in [-0.15, -0.1) is 0 Å². The fourth-order valence-electron chi connectivity index (χ4n) is 3.62. The summed E-state index contributed by atoms with van der Waals surface area (Å²) in [6.45, 7) is 2.03. The Morgan fingerprint density at radius 2 is 2.10 bits per heavy atom. The van der Waals surface area contributed by atoms with Gasteiger partial charge in [0, 0.05) is 31.5 Å². The SMILES string of the molecule is Cn1cc([C@H]2OCCC[C@@H]2NCC2CCCCC2)cn1. The van der Waals surface area contributed by atoms with Crippen molar-refractivity contribution in [2.24, 2.45) is 13.0 Å². The van der Waals surface area contributed by atoms with Gasteiger partial charge in [-0.25, -0.2) is 0 Å². The Labute approximate surface area is 121 Å². The topological polar surface area (TPSA) is 39.1 Å². The molecule has 1 aromatic heterocycles. The van der Waals surface area contributed by atoms with Crippen LogP contribution in [0.2, 0.25) is 0 Å². The summed E-state index contributed by atoms with van der Waals surface area (Å²) in [5.74, 6) is 0.875. The molecule has 2 fully saturated rings. The van der Waals surface area contributed by atoms with E-state index in [0.29, 0.717) is 6.04 Å². The van der Waals surface area contributed by atoms with E-state index in [4.69, 9.17) is 4.74 Å². The highest BCUT2D eigenvalue weighted by atomic mass is 16.5. The van der Waals surface area contributed by atoms with Crippen LogP contribution in [0.25, 0.3) is 0 Å². The minimum Gasteiger partial charge on any atom is -0.372 e. The summed E-state index contributed by atoms with van der Waals surface area (Å²) in [6, 6.07) is 0.454. The molecule has 1 saturated heterocycles. The maximum absolute atomic E-state index is 6.01. The molecule has 2 atom stereocenters. The second-order valence-corrected chi connectivity index (χ2v) is 6.40. The molecule has 1 N–H and O–H groups in total. The maximum atomic E-state index is 6.01. The first-order valence-corrected chi connectivity index (χ1v) is 8.16. The Hall–Kier alpha value is -0.870. The third-order valence-electron chi connectivity index (χ3n) is 4.77. The van der Waals surface area contributed by atoms with Gasteiger partial charge in [0.1, 0.15) is 6.10 Å². The van der Waals surface area contributed by atoms with Crippen LogP contribution in [-0.4, -0.2) is 29.0 Å². The molecule has 3 rings (SSSR count). The zero-order valence-corrected chi connectivity index (χ0v) is 12.6. The molecule has 0 bridgehead atoms. The molecule has 4 heteroatoms. The Morgan fingerprint density at radius 1 is 1.25 bits per heavy atom. The number of hydrogen-bond acceptors (Lipinski definition) is 3. The highest BCUT2D eigenvalue weighted by Gasteiger charge is 2.28. The number of hydrogen-bond donors (Lipinski definition) is 1. The molecule has 0 amide bonds. The third-order valence-corrected chi connectivity index (χ3v) is 4.77. The smallest absolute Gasteiger partial charge is 0.101 e. The predicted octanol–water partition coefficient (Wildman–Crippen LogP) is 2.81. The number of aryl methyl sites for hydroxylation is 1. The molecular weight excluding hydrogens is 250 g/mol. The van der Waals surface area contributed by atoms with E-state index in [2.05, 4.69) is 16.6 Å². The van der Waals surface area contributed by atoms with Crippen molar-refractivity contribution in [3.05, 3.63) is 18.0 Å². The van der Waals surface area contributed by atoms with E-state index in [0.717, 1.165) is 19.1 Å². The predicted molar refractivity (Wildman–Crippen MR) is 79.5 cm³/mol. The normalized spacial score (nSPS) is 28.6. The van der Waals surface area contributed by atoms with Crippen LogP contribution >= 0.6 is 0 Å². The Morgan fingerprint density at radius 3 is 2.85 bits per heavy atom. The Kier molecular flexibility index (Phi) is 4.73. The lowest BCUT2D eigenvalue weighted by Crippen LogP contribution is -2.41. The standard InChI is InChI=1S/C16H27N3O/c1-19-12-14(11-18-19)16-15(8-5-9-20-16)17-10-13-6-3-2-4-7-13/h11-13,15-17H,2-10H2,1H3/t15-,16+/m0/s1. The first kappa shape index (κ1) is 14.1. The van der Waals surface area contributed by atoms with Crippen LogP contribution in [0.3, 0.4) is 0 Å². The summed E-state index contributed by atoms with van der Waals surface area (Å²) in [5.41, 5.74) is 1.22. The minimum atomic E-state index is 0.182. The zero-order chi connectivity index (χ0) is 13.8. The average Bonchev–Trinajstić information content (AvgIpc) is 2.93. The van der Waals surface area contributed by atoms with Gasteiger partial charge >= 0.3 is 0 Å². The number of nitrogens with zero attached hydrogens (tertiary/aromatic N) is 2. The summed E-state index contributed by atoms with van der Waals surface area (Å²) in [5, 5.41) is 8.07. The van der Waals surface area contributed by atoms with Gasteiger partial charge in [-0.1, -0.05) is 19.3 Å². The molecule has 0 radical (unpaired) electrons. The first-order valence-electron chi connectivity index (χ1n) is 8.16. The van der Waals surface area contributed by atoms with Crippen LogP contribution < -0.4 is 5.32 Å². The Balaban J connectivity index is 1.57. The van der Waals surface area contributed by atoms with Gasteiger partial charge in [0.25, 0.3) is 0 Å². The summed E-state index contributed by atoms with van der Waals surface area (Å²) in [7, 11) is 1.97. The molecule has 1 aromatic rings. The summed E-state index contributed by atoms with van der Waals surface area (Å²) >= 11 is 0. The summed E-state index contributed by atoms with van der Waals surface area (Å²) in [4.78, 5) is 0. The van der Waals surface area contributed by atoms with E-state index in [9.17, 15) is 0 Å². The van der Waals surface area contributed by atoms with Crippen molar-refractivity contribution in [2.75, 3.05) is 13.2 Å². The molecule has 0 unspecified atom stereocenters. The molecule has 1 aliphatic heterocycles. The van der Waals surface area contributed by atoms with E-state index >= 15 is 0 Å². The van der Waals surface area contributed by atoms with E-state index in [1.807, 2.05) is 17.9 Å². The molecule has 1 aliphatic carbocycles. The van der Waals surface area contributed by atoms with Gasteiger partial charge in [0.05, 0.1) is 6.20 Å². The average molecular weight is 277 g/mol. The van der Waals surface area contributed by atoms with Crippen molar-refractivity contribution in [2.45, 2.75) is 57.1 Å². The molecule has 0 aromatic carbocycles. The number of nitrogens with one attached hydrogen (secondary N) is 1. The van der Waals surface area contributed by atoms with Crippen LogP contribution in [0.4, 0.5) is 0 Å². The van der Waals surface area contributed by atoms with Crippen molar-refractivity contribution < 1.29 is 4.74 Å². The van der Waals surface area contributed by atoms with Crippen LogP contribution in [0.5, 0.6) is 0 Å². The van der Waals surface area contributed by atoms with Crippen LogP contribution in [0.1, 0.15) is 56.6 Å². The van der Waals surface area contributed by atoms with Gasteiger partial charge in [-0.3, -0.25) is 4.68 Å². The van der Waals surface area contributed by atoms with Gasteiger partial charge < -0.3 is 10.1 Å².